The third kappa shape index (κ3) is 6.54. The highest BCUT2D eigenvalue weighted by Gasteiger charge is 2.36. The molecule has 2 aliphatic heterocycles. The van der Waals surface area contributed by atoms with Crippen molar-refractivity contribution in [1.29, 1.82) is 5.41 Å². The first-order valence-corrected chi connectivity index (χ1v) is 15.2. The highest BCUT2D eigenvalue weighted by atomic mass is 127. The van der Waals surface area contributed by atoms with Gasteiger partial charge >= 0.3 is 0 Å². The number of ether oxygens (including phenoxy) is 3. The van der Waals surface area contributed by atoms with E-state index >= 15 is 0 Å². The van der Waals surface area contributed by atoms with Gasteiger partial charge in [-0.2, -0.15) is 15.1 Å². The number of aryl methyl sites for hydroxylation is 1. The maximum Gasteiger partial charge on any atom is 0.283 e. The minimum Gasteiger partial charge on any atom is -0.493 e. The summed E-state index contributed by atoms with van der Waals surface area (Å²) >= 11 is 3.45. The number of amides is 1. The molecule has 0 bridgehead atoms. The second-order valence-corrected chi connectivity index (χ2v) is 12.9. The Morgan fingerprint density at radius 2 is 1.71 bits per heavy atom. The second kappa shape index (κ2) is 12.3. The lowest BCUT2D eigenvalue weighted by Crippen LogP contribution is -2.35. The van der Waals surface area contributed by atoms with Gasteiger partial charge in [-0.05, 0) is 88.2 Å². The van der Waals surface area contributed by atoms with Gasteiger partial charge in [0.25, 0.3) is 5.91 Å². The molecule has 3 aromatic rings. The number of halogens is 1. The van der Waals surface area contributed by atoms with Crippen LogP contribution in [0.5, 0.6) is 17.2 Å². The van der Waals surface area contributed by atoms with E-state index in [1.54, 1.807) is 19.3 Å². The number of hydrogen-bond acceptors (Lipinski definition) is 7. The molecule has 0 unspecified atom stereocenters. The summed E-state index contributed by atoms with van der Waals surface area (Å²) in [5.41, 5.74) is 4.21. The molecule has 0 aliphatic carbocycles. The summed E-state index contributed by atoms with van der Waals surface area (Å²) < 4.78 is 18.3. The van der Waals surface area contributed by atoms with Crippen molar-refractivity contribution >= 4 is 62.4 Å². The van der Waals surface area contributed by atoms with Crippen LogP contribution in [0, 0.1) is 15.9 Å². The summed E-state index contributed by atoms with van der Waals surface area (Å²) in [5.74, 6) is 1.37. The van der Waals surface area contributed by atoms with Gasteiger partial charge in [-0.25, -0.2) is 0 Å². The highest BCUT2D eigenvalue weighted by molar-refractivity contribution is 14.1. The molecule has 1 N–H and O–H groups in total. The number of nitrogens with one attached hydrogen (secondary N) is 1. The summed E-state index contributed by atoms with van der Waals surface area (Å²) in [6.45, 7) is 9.24. The van der Waals surface area contributed by atoms with Crippen LogP contribution in [0.4, 0.5) is 0 Å². The number of rotatable bonds is 8. The Balaban J connectivity index is 1.28. The van der Waals surface area contributed by atoms with Crippen molar-refractivity contribution in [2.75, 3.05) is 20.3 Å². The SMILES string of the molecule is COc1cc(C=C2C(=N)N3N=C(c4ccc(C)cc4)SC3=NC2=O)cc(I)c1OCCOc1ccc(C(C)(C)C)cc1. The maximum absolute atomic E-state index is 12.9. The maximum atomic E-state index is 12.9. The summed E-state index contributed by atoms with van der Waals surface area (Å²) in [7, 11) is 1.57. The van der Waals surface area contributed by atoms with Crippen LogP contribution in [-0.2, 0) is 10.2 Å². The quantitative estimate of drug-likeness (QED) is 0.155. The highest BCUT2D eigenvalue weighted by Crippen LogP contribution is 2.36. The molecule has 5 rings (SSSR count). The van der Waals surface area contributed by atoms with Crippen molar-refractivity contribution in [3.05, 3.63) is 92.1 Å². The van der Waals surface area contributed by atoms with Gasteiger partial charge in [0, 0.05) is 5.56 Å². The molecule has 0 spiro atoms. The predicted octanol–water partition coefficient (Wildman–Crippen LogP) is 7.03. The Morgan fingerprint density at radius 3 is 2.38 bits per heavy atom. The molecular weight excluding hydrogens is 663 g/mol. The fourth-order valence-corrected chi connectivity index (χ4v) is 5.97. The molecule has 0 saturated heterocycles. The van der Waals surface area contributed by atoms with Crippen LogP contribution in [0.15, 0.2) is 76.3 Å². The van der Waals surface area contributed by atoms with E-state index in [0.717, 1.165) is 20.4 Å². The monoisotopic (exact) mass is 694 g/mol. The lowest BCUT2D eigenvalue weighted by Gasteiger charge is -2.20. The summed E-state index contributed by atoms with van der Waals surface area (Å²) in [4.78, 5) is 17.2. The summed E-state index contributed by atoms with van der Waals surface area (Å²) in [6.07, 6.45) is 1.63. The molecule has 3 aromatic carbocycles. The molecule has 2 aliphatic rings. The molecule has 8 nitrogen and oxygen atoms in total. The van der Waals surface area contributed by atoms with E-state index in [2.05, 4.69) is 65.6 Å². The normalized spacial score (nSPS) is 15.9. The van der Waals surface area contributed by atoms with Crippen LogP contribution in [0.1, 0.15) is 43.0 Å². The zero-order valence-corrected chi connectivity index (χ0v) is 27.0. The molecule has 0 saturated carbocycles. The average Bonchev–Trinajstić information content (AvgIpc) is 3.38. The standard InChI is InChI=1S/C32H31IN4O4S/c1-19-6-8-21(9-7-19)30-36-37-28(34)24(29(38)35-31(37)42-30)16-20-17-25(33)27(26(18-20)39-5)41-15-14-40-23-12-10-22(11-13-23)32(2,3)4/h6-13,16-18,34H,14-15H2,1-5H3. The summed E-state index contributed by atoms with van der Waals surface area (Å²) in [5, 5.41) is 15.8. The number of hydrazone groups is 1. The van der Waals surface area contributed by atoms with Crippen molar-refractivity contribution < 1.29 is 19.0 Å². The molecule has 0 atom stereocenters. The topological polar surface area (TPSA) is 96.6 Å². The van der Waals surface area contributed by atoms with Gasteiger partial charge in [-0.1, -0.05) is 62.7 Å². The number of nitrogens with zero attached hydrogens (tertiary/aromatic N) is 3. The molecule has 10 heteroatoms. The van der Waals surface area contributed by atoms with Gasteiger partial charge in [0.2, 0.25) is 5.17 Å². The van der Waals surface area contributed by atoms with Crippen molar-refractivity contribution in [1.82, 2.24) is 5.01 Å². The largest absolute Gasteiger partial charge is 0.493 e. The second-order valence-electron chi connectivity index (χ2n) is 10.8. The number of hydrogen-bond donors (Lipinski definition) is 1. The first-order valence-electron chi connectivity index (χ1n) is 13.3. The molecule has 0 radical (unpaired) electrons. The number of methoxy groups -OCH3 is 1. The van der Waals surface area contributed by atoms with Crippen LogP contribution in [0.25, 0.3) is 6.08 Å². The molecule has 1 amide bonds. The lowest BCUT2D eigenvalue weighted by atomic mass is 9.87. The Labute approximate surface area is 263 Å². The van der Waals surface area contributed by atoms with Crippen molar-refractivity contribution in [2.45, 2.75) is 33.1 Å². The number of thioether (sulfide) groups is 1. The number of carbonyl (C=O) groups excluding carboxylic acids is 1. The zero-order chi connectivity index (χ0) is 30.0. The molecular formula is C32H31IN4O4S. The number of fused-ring (bicyclic) bond motifs is 1. The van der Waals surface area contributed by atoms with Crippen LogP contribution < -0.4 is 14.2 Å². The fourth-order valence-electron chi connectivity index (χ4n) is 4.29. The first kappa shape index (κ1) is 29.8. The lowest BCUT2D eigenvalue weighted by molar-refractivity contribution is -0.114. The van der Waals surface area contributed by atoms with Crippen molar-refractivity contribution in [3.63, 3.8) is 0 Å². The Kier molecular flexibility index (Phi) is 8.74. The first-order chi connectivity index (χ1) is 20.0. The molecule has 0 fully saturated rings. The van der Waals surface area contributed by atoms with E-state index < -0.39 is 5.91 Å². The van der Waals surface area contributed by atoms with E-state index in [1.807, 2.05) is 49.4 Å². The van der Waals surface area contributed by atoms with Crippen LogP contribution in [0.2, 0.25) is 0 Å². The zero-order valence-electron chi connectivity index (χ0n) is 24.0. The number of benzene rings is 3. The Hall–Kier alpha value is -3.64. The van der Waals surface area contributed by atoms with Gasteiger partial charge in [0.15, 0.2) is 17.3 Å². The van der Waals surface area contributed by atoms with Gasteiger partial charge < -0.3 is 14.2 Å². The van der Waals surface area contributed by atoms with Gasteiger partial charge in [-0.3, -0.25) is 10.2 Å². The number of amidine groups is 2. The van der Waals surface area contributed by atoms with Crippen LogP contribution in [0.3, 0.4) is 0 Å². The van der Waals surface area contributed by atoms with E-state index in [1.165, 1.54) is 22.3 Å². The third-order valence-corrected chi connectivity index (χ3v) is 8.39. The Bertz CT molecular complexity index is 1620. The van der Waals surface area contributed by atoms with Gasteiger partial charge in [0.05, 0.1) is 16.3 Å². The minimum atomic E-state index is -0.485. The van der Waals surface area contributed by atoms with Crippen LogP contribution in [-0.4, -0.2) is 47.3 Å². The molecule has 0 aromatic heterocycles. The van der Waals surface area contributed by atoms with Gasteiger partial charge in [0.1, 0.15) is 24.0 Å². The van der Waals surface area contributed by atoms with E-state index in [0.29, 0.717) is 40.5 Å². The minimum absolute atomic E-state index is 0.0263. The third-order valence-electron chi connectivity index (χ3n) is 6.63. The Morgan fingerprint density at radius 1 is 1.02 bits per heavy atom. The van der Waals surface area contributed by atoms with Crippen molar-refractivity contribution in [3.8, 4) is 17.2 Å². The number of aliphatic imine (C=N–C) groups is 1. The summed E-state index contributed by atoms with van der Waals surface area (Å²) in [6, 6.07) is 19.7. The predicted molar refractivity (Wildman–Crippen MR) is 177 cm³/mol. The molecule has 42 heavy (non-hydrogen) atoms. The van der Waals surface area contributed by atoms with E-state index in [9.17, 15) is 4.79 Å². The van der Waals surface area contributed by atoms with E-state index in [4.69, 9.17) is 19.6 Å². The molecule has 2 heterocycles. The number of carbonyl (C=O) groups is 1. The van der Waals surface area contributed by atoms with Gasteiger partial charge in [-0.15, -0.1) is 0 Å². The van der Waals surface area contributed by atoms with E-state index in [-0.39, 0.29) is 16.8 Å². The van der Waals surface area contributed by atoms with Crippen molar-refractivity contribution in [2.24, 2.45) is 10.1 Å². The average molecular weight is 695 g/mol. The molecule has 216 valence electrons. The van der Waals surface area contributed by atoms with Crippen LogP contribution >= 0.6 is 34.4 Å². The fraction of sp³-hybridized carbons (Fsp3) is 0.250. The smallest absolute Gasteiger partial charge is 0.283 e.